The van der Waals surface area contributed by atoms with E-state index >= 15 is 0 Å². The Hall–Kier alpha value is -0.620. The van der Waals surface area contributed by atoms with Crippen LogP contribution in [0.3, 0.4) is 0 Å². The maximum absolute atomic E-state index is 12.6. The number of halogens is 1. The molecule has 1 aliphatic rings. The molecule has 4 nitrogen and oxygen atoms in total. The summed E-state index contributed by atoms with van der Waals surface area (Å²) in [5, 5.41) is 0.441. The van der Waals surface area contributed by atoms with Crippen LogP contribution in [-0.4, -0.2) is 32.4 Å². The van der Waals surface area contributed by atoms with Crippen molar-refractivity contribution in [2.45, 2.75) is 24.7 Å². The van der Waals surface area contributed by atoms with Crippen LogP contribution in [0.4, 0.5) is 0 Å². The number of sulfonamides is 1. The van der Waals surface area contributed by atoms with Gasteiger partial charge in [-0.3, -0.25) is 0 Å². The van der Waals surface area contributed by atoms with E-state index in [0.29, 0.717) is 29.6 Å². The van der Waals surface area contributed by atoms with Gasteiger partial charge >= 0.3 is 0 Å². The minimum absolute atomic E-state index is 0.253. The highest BCUT2D eigenvalue weighted by molar-refractivity contribution is 7.89. The van der Waals surface area contributed by atoms with Gasteiger partial charge < -0.3 is 5.73 Å². The van der Waals surface area contributed by atoms with Gasteiger partial charge in [-0.25, -0.2) is 8.42 Å². The summed E-state index contributed by atoms with van der Waals surface area (Å²) < 4.78 is 26.8. The molecule has 1 saturated heterocycles. The Kier molecular flexibility index (Phi) is 4.50. The van der Waals surface area contributed by atoms with Gasteiger partial charge in [-0.2, -0.15) is 4.31 Å². The maximum Gasteiger partial charge on any atom is 0.243 e. The number of piperidine rings is 1. The first-order valence-electron chi connectivity index (χ1n) is 6.41. The van der Waals surface area contributed by atoms with Gasteiger partial charge in [0.05, 0.1) is 4.90 Å². The third-order valence-corrected chi connectivity index (χ3v) is 5.83. The second kappa shape index (κ2) is 5.79. The zero-order valence-corrected chi connectivity index (χ0v) is 12.5. The van der Waals surface area contributed by atoms with Crippen LogP contribution in [0.2, 0.25) is 5.02 Å². The summed E-state index contributed by atoms with van der Waals surface area (Å²) in [5.41, 5.74) is 6.38. The quantitative estimate of drug-likeness (QED) is 0.929. The molecule has 1 aromatic rings. The smallest absolute Gasteiger partial charge is 0.243 e. The molecule has 1 fully saturated rings. The van der Waals surface area contributed by atoms with Crippen LogP contribution in [-0.2, 0) is 10.0 Å². The average molecular weight is 303 g/mol. The molecule has 1 atom stereocenters. The molecule has 2 N–H and O–H groups in total. The van der Waals surface area contributed by atoms with Gasteiger partial charge in [0.15, 0.2) is 0 Å². The van der Waals surface area contributed by atoms with Crippen molar-refractivity contribution in [3.63, 3.8) is 0 Å². The number of benzene rings is 1. The van der Waals surface area contributed by atoms with Crippen LogP contribution in [0.25, 0.3) is 0 Å². The van der Waals surface area contributed by atoms with Gasteiger partial charge in [0.2, 0.25) is 10.0 Å². The average Bonchev–Trinajstić information content (AvgIpc) is 2.41. The minimum Gasteiger partial charge on any atom is -0.330 e. The molecule has 0 amide bonds. The van der Waals surface area contributed by atoms with Crippen molar-refractivity contribution in [2.24, 2.45) is 11.7 Å². The Morgan fingerprint density at radius 2 is 2.21 bits per heavy atom. The largest absolute Gasteiger partial charge is 0.330 e. The molecule has 1 unspecified atom stereocenters. The molecule has 106 valence electrons. The van der Waals surface area contributed by atoms with E-state index in [0.717, 1.165) is 18.4 Å². The molecular weight excluding hydrogens is 284 g/mol. The topological polar surface area (TPSA) is 63.4 Å². The lowest BCUT2D eigenvalue weighted by atomic mass is 10.0. The van der Waals surface area contributed by atoms with Gasteiger partial charge in [-0.1, -0.05) is 17.7 Å². The van der Waals surface area contributed by atoms with Crippen LogP contribution < -0.4 is 5.73 Å². The zero-order valence-electron chi connectivity index (χ0n) is 11.0. The zero-order chi connectivity index (χ0) is 14.0. The van der Waals surface area contributed by atoms with Crippen LogP contribution in [0, 0.1) is 12.8 Å². The highest BCUT2D eigenvalue weighted by atomic mass is 35.5. The van der Waals surface area contributed by atoms with Gasteiger partial charge in [0.25, 0.3) is 0 Å². The third-order valence-electron chi connectivity index (χ3n) is 3.58. The lowest BCUT2D eigenvalue weighted by Crippen LogP contribution is -2.42. The van der Waals surface area contributed by atoms with Crippen molar-refractivity contribution in [3.8, 4) is 0 Å². The van der Waals surface area contributed by atoms with E-state index < -0.39 is 10.0 Å². The summed E-state index contributed by atoms with van der Waals surface area (Å²) >= 11 is 5.91. The summed E-state index contributed by atoms with van der Waals surface area (Å²) in [6.07, 6.45) is 1.86. The van der Waals surface area contributed by atoms with Gasteiger partial charge in [-0.15, -0.1) is 0 Å². The van der Waals surface area contributed by atoms with Gasteiger partial charge in [0, 0.05) is 18.1 Å². The molecule has 1 aliphatic heterocycles. The first-order chi connectivity index (χ1) is 8.95. The fraction of sp³-hybridized carbons (Fsp3) is 0.538. The van der Waals surface area contributed by atoms with Crippen molar-refractivity contribution in [1.29, 1.82) is 0 Å². The number of hydrogen-bond acceptors (Lipinski definition) is 3. The Balaban J connectivity index is 2.34. The maximum atomic E-state index is 12.6. The molecule has 1 heterocycles. The van der Waals surface area contributed by atoms with Crippen molar-refractivity contribution in [2.75, 3.05) is 19.6 Å². The molecule has 1 aromatic carbocycles. The number of aryl methyl sites for hydroxylation is 1. The molecule has 19 heavy (non-hydrogen) atoms. The Labute approximate surface area is 119 Å². The predicted molar refractivity (Wildman–Crippen MR) is 76.7 cm³/mol. The summed E-state index contributed by atoms with van der Waals surface area (Å²) in [6, 6.07) is 4.96. The highest BCUT2D eigenvalue weighted by Crippen LogP contribution is 2.27. The highest BCUT2D eigenvalue weighted by Gasteiger charge is 2.30. The summed E-state index contributed by atoms with van der Waals surface area (Å²) in [7, 11) is -3.46. The van der Waals surface area contributed by atoms with Crippen molar-refractivity contribution < 1.29 is 8.42 Å². The SMILES string of the molecule is Cc1ccc(Cl)cc1S(=O)(=O)N1CCCC(CN)C1. The second-order valence-electron chi connectivity index (χ2n) is 5.02. The molecule has 0 aliphatic carbocycles. The summed E-state index contributed by atoms with van der Waals surface area (Å²) in [6.45, 7) is 3.38. The molecular formula is C13H19ClN2O2S. The molecule has 0 saturated carbocycles. The van der Waals surface area contributed by atoms with Gasteiger partial charge in [0.1, 0.15) is 0 Å². The number of rotatable bonds is 3. The first kappa shape index (κ1) is 14.8. The fourth-order valence-corrected chi connectivity index (χ4v) is 4.47. The molecule has 0 aromatic heterocycles. The number of nitrogens with zero attached hydrogens (tertiary/aromatic N) is 1. The van der Waals surface area contributed by atoms with E-state index in [1.807, 2.05) is 0 Å². The standard InChI is InChI=1S/C13H19ClN2O2S/c1-10-4-5-12(14)7-13(10)19(17,18)16-6-2-3-11(8-15)9-16/h4-5,7,11H,2-3,6,8-9,15H2,1H3. The number of nitrogens with two attached hydrogens (primary N) is 1. The summed E-state index contributed by atoms with van der Waals surface area (Å²) in [4.78, 5) is 0.303. The lowest BCUT2D eigenvalue weighted by Gasteiger charge is -2.31. The Morgan fingerprint density at radius 3 is 2.89 bits per heavy atom. The van der Waals surface area contributed by atoms with E-state index in [9.17, 15) is 8.42 Å². The van der Waals surface area contributed by atoms with Crippen molar-refractivity contribution >= 4 is 21.6 Å². The molecule has 0 bridgehead atoms. The van der Waals surface area contributed by atoms with E-state index in [4.69, 9.17) is 17.3 Å². The van der Waals surface area contributed by atoms with Crippen molar-refractivity contribution in [3.05, 3.63) is 28.8 Å². The molecule has 0 radical (unpaired) electrons. The molecule has 0 spiro atoms. The van der Waals surface area contributed by atoms with Crippen LogP contribution in [0.15, 0.2) is 23.1 Å². The molecule has 6 heteroatoms. The number of hydrogen-bond donors (Lipinski definition) is 1. The normalized spacial score (nSPS) is 21.5. The minimum atomic E-state index is -3.46. The summed E-state index contributed by atoms with van der Waals surface area (Å²) in [5.74, 6) is 0.253. The lowest BCUT2D eigenvalue weighted by molar-refractivity contribution is 0.271. The second-order valence-corrected chi connectivity index (χ2v) is 7.36. The van der Waals surface area contributed by atoms with Crippen LogP contribution in [0.5, 0.6) is 0 Å². The fourth-order valence-electron chi connectivity index (χ4n) is 2.43. The Bertz CT molecular complexity index is 560. The van der Waals surface area contributed by atoms with Crippen molar-refractivity contribution in [1.82, 2.24) is 4.31 Å². The molecule has 2 rings (SSSR count). The first-order valence-corrected chi connectivity index (χ1v) is 8.23. The van der Waals surface area contributed by atoms with E-state index in [1.165, 1.54) is 10.4 Å². The van der Waals surface area contributed by atoms with E-state index in [1.54, 1.807) is 19.1 Å². The van der Waals surface area contributed by atoms with Crippen LogP contribution in [0.1, 0.15) is 18.4 Å². The van der Waals surface area contributed by atoms with Gasteiger partial charge in [-0.05, 0) is 49.9 Å². The predicted octanol–water partition coefficient (Wildman–Crippen LogP) is 2.01. The van der Waals surface area contributed by atoms with Crippen LogP contribution >= 0.6 is 11.6 Å². The third kappa shape index (κ3) is 3.11. The Morgan fingerprint density at radius 1 is 1.47 bits per heavy atom. The monoisotopic (exact) mass is 302 g/mol. The van der Waals surface area contributed by atoms with E-state index in [-0.39, 0.29) is 5.92 Å². The van der Waals surface area contributed by atoms with E-state index in [2.05, 4.69) is 0 Å².